The lowest BCUT2D eigenvalue weighted by molar-refractivity contribution is 0.660. The summed E-state index contributed by atoms with van der Waals surface area (Å²) in [5, 5.41) is 7.53. The summed E-state index contributed by atoms with van der Waals surface area (Å²) in [7, 11) is 2.03. The van der Waals surface area contributed by atoms with Crippen LogP contribution in [0.5, 0.6) is 0 Å². The fourth-order valence-corrected chi connectivity index (χ4v) is 1.50. The molecule has 0 aliphatic rings. The average molecular weight is 204 g/mol. The molecule has 0 unspecified atom stereocenters. The SMILES string of the molecule is CCn1cc(NCc2ccn(C)c2)cn1. The topological polar surface area (TPSA) is 34.8 Å². The van der Waals surface area contributed by atoms with Gasteiger partial charge in [0.2, 0.25) is 0 Å². The third-order valence-electron chi connectivity index (χ3n) is 2.35. The van der Waals surface area contributed by atoms with E-state index in [1.165, 1.54) is 5.56 Å². The zero-order chi connectivity index (χ0) is 10.7. The second kappa shape index (κ2) is 4.21. The quantitative estimate of drug-likeness (QED) is 0.825. The Labute approximate surface area is 89.5 Å². The van der Waals surface area contributed by atoms with Gasteiger partial charge in [0.1, 0.15) is 0 Å². The molecule has 0 aliphatic carbocycles. The lowest BCUT2D eigenvalue weighted by Crippen LogP contribution is -1.97. The molecule has 2 aromatic heterocycles. The van der Waals surface area contributed by atoms with Gasteiger partial charge in [0.25, 0.3) is 0 Å². The van der Waals surface area contributed by atoms with Crippen molar-refractivity contribution in [2.24, 2.45) is 7.05 Å². The van der Waals surface area contributed by atoms with Crippen LogP contribution in [0.15, 0.2) is 30.9 Å². The summed E-state index contributed by atoms with van der Waals surface area (Å²) in [6.07, 6.45) is 8.03. The van der Waals surface area contributed by atoms with Gasteiger partial charge in [0.05, 0.1) is 11.9 Å². The van der Waals surface area contributed by atoms with Gasteiger partial charge in [-0.25, -0.2) is 0 Å². The van der Waals surface area contributed by atoms with Gasteiger partial charge in [-0.15, -0.1) is 0 Å². The minimum atomic E-state index is 0.843. The van der Waals surface area contributed by atoms with Crippen LogP contribution in [0.3, 0.4) is 0 Å². The maximum atomic E-state index is 4.20. The first-order valence-electron chi connectivity index (χ1n) is 5.15. The van der Waals surface area contributed by atoms with Crippen LogP contribution < -0.4 is 5.32 Å². The van der Waals surface area contributed by atoms with Gasteiger partial charge >= 0.3 is 0 Å². The molecule has 0 saturated heterocycles. The molecule has 0 bridgehead atoms. The normalized spacial score (nSPS) is 10.5. The van der Waals surface area contributed by atoms with Gasteiger partial charge in [-0.3, -0.25) is 4.68 Å². The van der Waals surface area contributed by atoms with Crippen LogP contribution in [0.25, 0.3) is 0 Å². The molecule has 1 N–H and O–H groups in total. The average Bonchev–Trinajstić information content (AvgIpc) is 2.83. The number of rotatable bonds is 4. The molecule has 0 fully saturated rings. The molecule has 0 aliphatic heterocycles. The summed E-state index contributed by atoms with van der Waals surface area (Å²) in [4.78, 5) is 0. The van der Waals surface area contributed by atoms with E-state index in [1.54, 1.807) is 0 Å². The van der Waals surface area contributed by atoms with Crippen molar-refractivity contribution >= 4 is 5.69 Å². The Morgan fingerprint density at radius 2 is 2.27 bits per heavy atom. The summed E-state index contributed by atoms with van der Waals surface area (Å²) in [5.74, 6) is 0. The maximum absolute atomic E-state index is 4.20. The molecule has 15 heavy (non-hydrogen) atoms. The summed E-state index contributed by atoms with van der Waals surface area (Å²) in [6, 6.07) is 2.11. The van der Waals surface area contributed by atoms with Crippen LogP contribution >= 0.6 is 0 Å². The third-order valence-corrected chi connectivity index (χ3v) is 2.35. The molecule has 0 saturated carbocycles. The Balaban J connectivity index is 1.93. The second-order valence-corrected chi connectivity index (χ2v) is 3.62. The lowest BCUT2D eigenvalue weighted by atomic mass is 10.3. The van der Waals surface area contributed by atoms with Gasteiger partial charge < -0.3 is 9.88 Å². The van der Waals surface area contributed by atoms with Crippen molar-refractivity contribution < 1.29 is 0 Å². The summed E-state index contributed by atoms with van der Waals surface area (Å²) >= 11 is 0. The fourth-order valence-electron chi connectivity index (χ4n) is 1.50. The largest absolute Gasteiger partial charge is 0.378 e. The van der Waals surface area contributed by atoms with E-state index in [0.717, 1.165) is 18.8 Å². The Morgan fingerprint density at radius 1 is 1.40 bits per heavy atom. The highest BCUT2D eigenvalue weighted by atomic mass is 15.3. The molecular weight excluding hydrogens is 188 g/mol. The summed E-state index contributed by atoms with van der Waals surface area (Å²) < 4.78 is 3.96. The first kappa shape index (κ1) is 9.83. The number of hydrogen-bond acceptors (Lipinski definition) is 2. The van der Waals surface area contributed by atoms with Gasteiger partial charge in [-0.1, -0.05) is 0 Å². The molecule has 0 atom stereocenters. The highest BCUT2D eigenvalue weighted by molar-refractivity contribution is 5.38. The van der Waals surface area contributed by atoms with Crippen LogP contribution in [0, 0.1) is 0 Å². The number of aryl methyl sites for hydroxylation is 2. The molecule has 0 radical (unpaired) electrons. The number of nitrogens with one attached hydrogen (secondary N) is 1. The van der Waals surface area contributed by atoms with Crippen molar-refractivity contribution in [1.82, 2.24) is 14.3 Å². The monoisotopic (exact) mass is 204 g/mol. The highest BCUT2D eigenvalue weighted by Gasteiger charge is 1.97. The molecule has 0 spiro atoms. The lowest BCUT2D eigenvalue weighted by Gasteiger charge is -2.00. The Hall–Kier alpha value is -1.71. The Bertz CT molecular complexity index is 427. The zero-order valence-corrected chi connectivity index (χ0v) is 9.14. The first-order valence-corrected chi connectivity index (χ1v) is 5.15. The van der Waals surface area contributed by atoms with E-state index in [4.69, 9.17) is 0 Å². The van der Waals surface area contributed by atoms with Crippen molar-refractivity contribution in [3.8, 4) is 0 Å². The van der Waals surface area contributed by atoms with E-state index in [1.807, 2.05) is 34.9 Å². The van der Waals surface area contributed by atoms with Crippen molar-refractivity contribution in [2.45, 2.75) is 20.0 Å². The maximum Gasteiger partial charge on any atom is 0.0729 e. The van der Waals surface area contributed by atoms with Crippen molar-refractivity contribution in [3.05, 3.63) is 36.4 Å². The van der Waals surface area contributed by atoms with E-state index in [2.05, 4.69) is 29.6 Å². The van der Waals surface area contributed by atoms with Crippen molar-refractivity contribution in [1.29, 1.82) is 0 Å². The third kappa shape index (κ3) is 2.40. The minimum Gasteiger partial charge on any atom is -0.378 e. The molecule has 4 nitrogen and oxygen atoms in total. The first-order chi connectivity index (χ1) is 7.28. The fraction of sp³-hybridized carbons (Fsp3) is 0.364. The van der Waals surface area contributed by atoms with Gasteiger partial charge in [-0.05, 0) is 18.6 Å². The minimum absolute atomic E-state index is 0.843. The smallest absolute Gasteiger partial charge is 0.0729 e. The number of aromatic nitrogens is 3. The second-order valence-electron chi connectivity index (χ2n) is 3.62. The zero-order valence-electron chi connectivity index (χ0n) is 9.14. The van der Waals surface area contributed by atoms with E-state index in [0.29, 0.717) is 0 Å². The molecule has 4 heteroatoms. The van der Waals surface area contributed by atoms with Crippen LogP contribution in [-0.2, 0) is 20.1 Å². The molecule has 80 valence electrons. The van der Waals surface area contributed by atoms with Crippen LogP contribution in [0.1, 0.15) is 12.5 Å². The standard InChI is InChI=1S/C11H16N4/c1-3-15-9-11(7-13-15)12-6-10-4-5-14(2)8-10/h4-5,7-9,12H,3,6H2,1-2H3. The van der Waals surface area contributed by atoms with Gasteiger partial charge in [0.15, 0.2) is 0 Å². The van der Waals surface area contributed by atoms with Gasteiger partial charge in [0, 0.05) is 38.7 Å². The highest BCUT2D eigenvalue weighted by Crippen LogP contribution is 2.07. The van der Waals surface area contributed by atoms with E-state index in [9.17, 15) is 0 Å². The van der Waals surface area contributed by atoms with Crippen LogP contribution in [0.4, 0.5) is 5.69 Å². The predicted octanol–water partition coefficient (Wildman–Crippen LogP) is 1.85. The Morgan fingerprint density at radius 3 is 2.87 bits per heavy atom. The van der Waals surface area contributed by atoms with Crippen molar-refractivity contribution in [2.75, 3.05) is 5.32 Å². The van der Waals surface area contributed by atoms with E-state index < -0.39 is 0 Å². The number of hydrogen-bond donors (Lipinski definition) is 1. The predicted molar refractivity (Wildman–Crippen MR) is 60.6 cm³/mol. The summed E-state index contributed by atoms with van der Waals surface area (Å²) in [5.41, 5.74) is 2.35. The van der Waals surface area contributed by atoms with Crippen LogP contribution in [-0.4, -0.2) is 14.3 Å². The van der Waals surface area contributed by atoms with Crippen molar-refractivity contribution in [3.63, 3.8) is 0 Å². The molecule has 0 aromatic carbocycles. The molecule has 2 aromatic rings. The summed E-state index contributed by atoms with van der Waals surface area (Å²) in [6.45, 7) is 3.83. The van der Waals surface area contributed by atoms with E-state index in [-0.39, 0.29) is 0 Å². The molecule has 2 heterocycles. The number of anilines is 1. The molecule has 0 amide bonds. The molecule has 2 rings (SSSR count). The number of nitrogens with zero attached hydrogens (tertiary/aromatic N) is 3. The Kier molecular flexibility index (Phi) is 2.76. The van der Waals surface area contributed by atoms with Gasteiger partial charge in [-0.2, -0.15) is 5.10 Å². The molecular formula is C11H16N4. The van der Waals surface area contributed by atoms with E-state index >= 15 is 0 Å². The van der Waals surface area contributed by atoms with Crippen LogP contribution in [0.2, 0.25) is 0 Å².